The molecule has 1 aliphatic rings. The SMILES string of the molecule is CCNC(=O)N(C)[C@H]1CC[C@@H](CC(C)(C)C)CC1. The monoisotopic (exact) mass is 254 g/mol. The van der Waals surface area contributed by atoms with Crippen molar-refractivity contribution in [1.82, 2.24) is 10.2 Å². The van der Waals surface area contributed by atoms with E-state index in [1.165, 1.54) is 19.3 Å². The highest BCUT2D eigenvalue weighted by atomic mass is 16.2. The summed E-state index contributed by atoms with van der Waals surface area (Å²) >= 11 is 0. The Labute approximate surface area is 112 Å². The fraction of sp³-hybridized carbons (Fsp3) is 0.933. The van der Waals surface area contributed by atoms with Crippen molar-refractivity contribution in [1.29, 1.82) is 0 Å². The molecule has 0 radical (unpaired) electrons. The Bertz CT molecular complexity index is 262. The van der Waals surface area contributed by atoms with Gasteiger partial charge in [0.05, 0.1) is 0 Å². The molecule has 0 aliphatic heterocycles. The summed E-state index contributed by atoms with van der Waals surface area (Å²) in [5.74, 6) is 0.851. The second kappa shape index (κ2) is 6.44. The van der Waals surface area contributed by atoms with E-state index in [1.807, 2.05) is 18.9 Å². The van der Waals surface area contributed by atoms with Crippen molar-refractivity contribution in [2.45, 2.75) is 65.8 Å². The fourth-order valence-electron chi connectivity index (χ4n) is 3.04. The predicted octanol–water partition coefficient (Wildman–Crippen LogP) is 3.64. The van der Waals surface area contributed by atoms with E-state index in [9.17, 15) is 4.79 Å². The number of hydrogen-bond acceptors (Lipinski definition) is 1. The summed E-state index contributed by atoms with van der Waals surface area (Å²) in [6.07, 6.45) is 6.17. The summed E-state index contributed by atoms with van der Waals surface area (Å²) in [5.41, 5.74) is 0.434. The Hall–Kier alpha value is -0.730. The molecule has 1 saturated carbocycles. The van der Waals surface area contributed by atoms with E-state index in [0.29, 0.717) is 18.0 Å². The van der Waals surface area contributed by atoms with Crippen LogP contribution < -0.4 is 5.32 Å². The summed E-state index contributed by atoms with van der Waals surface area (Å²) in [4.78, 5) is 13.7. The molecule has 1 fully saturated rings. The lowest BCUT2D eigenvalue weighted by atomic mass is 9.76. The molecule has 0 spiro atoms. The summed E-state index contributed by atoms with van der Waals surface area (Å²) in [6, 6.07) is 0.518. The molecule has 0 saturated heterocycles. The molecule has 0 atom stereocenters. The second-order valence-corrected chi connectivity index (χ2v) is 6.89. The van der Waals surface area contributed by atoms with E-state index in [4.69, 9.17) is 0 Å². The van der Waals surface area contributed by atoms with Gasteiger partial charge in [-0.15, -0.1) is 0 Å². The summed E-state index contributed by atoms with van der Waals surface area (Å²) in [7, 11) is 1.93. The number of carbonyl (C=O) groups is 1. The van der Waals surface area contributed by atoms with E-state index in [2.05, 4.69) is 26.1 Å². The molecule has 0 aromatic heterocycles. The number of amides is 2. The van der Waals surface area contributed by atoms with Gasteiger partial charge in [-0.1, -0.05) is 20.8 Å². The van der Waals surface area contributed by atoms with Crippen LogP contribution in [0.3, 0.4) is 0 Å². The lowest BCUT2D eigenvalue weighted by molar-refractivity contribution is 0.147. The number of nitrogens with zero attached hydrogens (tertiary/aromatic N) is 1. The van der Waals surface area contributed by atoms with Gasteiger partial charge in [0.25, 0.3) is 0 Å². The fourth-order valence-corrected chi connectivity index (χ4v) is 3.04. The lowest BCUT2D eigenvalue weighted by Gasteiger charge is -2.36. The second-order valence-electron chi connectivity index (χ2n) is 6.89. The summed E-state index contributed by atoms with van der Waals surface area (Å²) in [6.45, 7) is 9.63. The zero-order chi connectivity index (χ0) is 13.8. The first kappa shape index (κ1) is 15.3. The normalized spacial score (nSPS) is 24.7. The van der Waals surface area contributed by atoms with Crippen LogP contribution in [0.2, 0.25) is 0 Å². The third-order valence-corrected chi connectivity index (χ3v) is 3.91. The molecular weight excluding hydrogens is 224 g/mol. The zero-order valence-corrected chi connectivity index (χ0v) is 12.8. The van der Waals surface area contributed by atoms with Crippen LogP contribution in [0, 0.1) is 11.3 Å². The topological polar surface area (TPSA) is 32.3 Å². The van der Waals surface area contributed by atoms with E-state index in [-0.39, 0.29) is 6.03 Å². The quantitative estimate of drug-likeness (QED) is 0.819. The Morgan fingerprint density at radius 3 is 2.22 bits per heavy atom. The minimum absolute atomic E-state index is 0.0803. The summed E-state index contributed by atoms with van der Waals surface area (Å²) < 4.78 is 0. The van der Waals surface area contributed by atoms with E-state index in [1.54, 1.807) is 0 Å². The maximum absolute atomic E-state index is 11.8. The molecule has 3 nitrogen and oxygen atoms in total. The number of hydrogen-bond donors (Lipinski definition) is 1. The van der Waals surface area contributed by atoms with Gasteiger partial charge in [0.2, 0.25) is 0 Å². The van der Waals surface area contributed by atoms with Crippen molar-refractivity contribution in [3.8, 4) is 0 Å². The van der Waals surface area contributed by atoms with Gasteiger partial charge in [0.15, 0.2) is 0 Å². The number of nitrogens with one attached hydrogen (secondary N) is 1. The molecule has 0 unspecified atom stereocenters. The first-order valence-corrected chi connectivity index (χ1v) is 7.34. The van der Waals surface area contributed by atoms with E-state index in [0.717, 1.165) is 18.8 Å². The van der Waals surface area contributed by atoms with Crippen molar-refractivity contribution in [2.24, 2.45) is 11.3 Å². The maximum atomic E-state index is 11.8. The number of urea groups is 1. The van der Waals surface area contributed by atoms with E-state index < -0.39 is 0 Å². The van der Waals surface area contributed by atoms with Gasteiger partial charge in [-0.3, -0.25) is 0 Å². The van der Waals surface area contributed by atoms with Crippen LogP contribution in [-0.2, 0) is 0 Å². The number of rotatable bonds is 3. The largest absolute Gasteiger partial charge is 0.338 e. The van der Waals surface area contributed by atoms with Crippen LogP contribution in [0.5, 0.6) is 0 Å². The van der Waals surface area contributed by atoms with Crippen molar-refractivity contribution in [3.63, 3.8) is 0 Å². The number of carbonyl (C=O) groups excluding carboxylic acids is 1. The molecule has 1 rings (SSSR count). The van der Waals surface area contributed by atoms with Crippen LogP contribution in [-0.4, -0.2) is 30.6 Å². The van der Waals surface area contributed by atoms with Crippen LogP contribution in [0.4, 0.5) is 4.79 Å². The third kappa shape index (κ3) is 4.87. The van der Waals surface area contributed by atoms with Crippen molar-refractivity contribution < 1.29 is 4.79 Å². The van der Waals surface area contributed by atoms with Gasteiger partial charge in [-0.05, 0) is 50.4 Å². The van der Waals surface area contributed by atoms with Crippen molar-refractivity contribution in [2.75, 3.05) is 13.6 Å². The highest BCUT2D eigenvalue weighted by molar-refractivity contribution is 5.74. The van der Waals surface area contributed by atoms with Gasteiger partial charge in [0, 0.05) is 19.6 Å². The highest BCUT2D eigenvalue weighted by Crippen LogP contribution is 2.35. The van der Waals surface area contributed by atoms with Crippen LogP contribution >= 0.6 is 0 Å². The molecule has 0 bridgehead atoms. The van der Waals surface area contributed by atoms with Gasteiger partial charge in [-0.2, -0.15) is 0 Å². The Kier molecular flexibility index (Phi) is 5.48. The van der Waals surface area contributed by atoms with E-state index >= 15 is 0 Å². The molecule has 1 aliphatic carbocycles. The first-order chi connectivity index (χ1) is 8.33. The molecule has 18 heavy (non-hydrogen) atoms. The van der Waals surface area contributed by atoms with Gasteiger partial charge in [0.1, 0.15) is 0 Å². The maximum Gasteiger partial charge on any atom is 0.317 e. The minimum Gasteiger partial charge on any atom is -0.338 e. The van der Waals surface area contributed by atoms with Crippen LogP contribution in [0.1, 0.15) is 59.8 Å². The Balaban J connectivity index is 2.37. The lowest BCUT2D eigenvalue weighted by Crippen LogP contribution is -2.45. The average Bonchev–Trinajstić information content (AvgIpc) is 2.27. The van der Waals surface area contributed by atoms with Crippen molar-refractivity contribution >= 4 is 6.03 Å². The van der Waals surface area contributed by atoms with Gasteiger partial charge < -0.3 is 10.2 Å². The van der Waals surface area contributed by atoms with Gasteiger partial charge >= 0.3 is 6.03 Å². The summed E-state index contributed by atoms with van der Waals surface area (Å²) in [5, 5.41) is 2.88. The molecule has 0 heterocycles. The van der Waals surface area contributed by atoms with Crippen LogP contribution in [0.25, 0.3) is 0 Å². The molecule has 2 amide bonds. The molecule has 0 aromatic rings. The first-order valence-electron chi connectivity index (χ1n) is 7.34. The Morgan fingerprint density at radius 1 is 1.22 bits per heavy atom. The molecular formula is C15H30N2O. The Morgan fingerprint density at radius 2 is 1.78 bits per heavy atom. The molecule has 3 heteroatoms. The molecule has 106 valence electrons. The van der Waals surface area contributed by atoms with Crippen molar-refractivity contribution in [3.05, 3.63) is 0 Å². The highest BCUT2D eigenvalue weighted by Gasteiger charge is 2.28. The molecule has 1 N–H and O–H groups in total. The van der Waals surface area contributed by atoms with Gasteiger partial charge in [-0.25, -0.2) is 4.79 Å². The third-order valence-electron chi connectivity index (χ3n) is 3.91. The average molecular weight is 254 g/mol. The predicted molar refractivity (Wildman–Crippen MR) is 76.7 cm³/mol. The van der Waals surface area contributed by atoms with Crippen LogP contribution in [0.15, 0.2) is 0 Å². The molecule has 0 aromatic carbocycles. The smallest absolute Gasteiger partial charge is 0.317 e. The zero-order valence-electron chi connectivity index (χ0n) is 12.8. The standard InChI is InChI=1S/C15H30N2O/c1-6-16-14(18)17(5)13-9-7-12(8-10-13)11-15(2,3)4/h12-13H,6-11H2,1-5H3,(H,16,18)/t12-,13+. The minimum atomic E-state index is 0.0803.